The van der Waals surface area contributed by atoms with Crippen molar-refractivity contribution in [2.24, 2.45) is 0 Å². The fourth-order valence-corrected chi connectivity index (χ4v) is 4.37. The van der Waals surface area contributed by atoms with Crippen molar-refractivity contribution in [3.8, 4) is 0 Å². The van der Waals surface area contributed by atoms with Gasteiger partial charge in [0, 0.05) is 19.6 Å². The summed E-state index contributed by atoms with van der Waals surface area (Å²) in [6.45, 7) is 2.78. The molecule has 2 heterocycles. The smallest absolute Gasteiger partial charge is 0.408 e. The van der Waals surface area contributed by atoms with Gasteiger partial charge >= 0.3 is 5.76 Å². The van der Waals surface area contributed by atoms with Crippen LogP contribution in [-0.4, -0.2) is 48.6 Å². The number of aromatic nitrogens is 1. The molecule has 0 unspecified atom stereocenters. The van der Waals surface area contributed by atoms with Gasteiger partial charge in [0.25, 0.3) is 0 Å². The third-order valence-electron chi connectivity index (χ3n) is 4.27. The summed E-state index contributed by atoms with van der Waals surface area (Å²) < 4.78 is 32.0. The van der Waals surface area contributed by atoms with Crippen LogP contribution in [0.1, 0.15) is 18.4 Å². The van der Waals surface area contributed by atoms with Crippen LogP contribution in [0.3, 0.4) is 0 Å². The van der Waals surface area contributed by atoms with Crippen molar-refractivity contribution in [2.75, 3.05) is 25.4 Å². The number of nitrogens with zero attached hydrogens (tertiary/aromatic N) is 2. The van der Waals surface area contributed by atoms with Crippen molar-refractivity contribution in [3.63, 3.8) is 0 Å². The Hall–Kier alpha value is -2.13. The largest absolute Gasteiger partial charge is 0.420 e. The van der Waals surface area contributed by atoms with Crippen LogP contribution in [-0.2, 0) is 21.4 Å². The summed E-state index contributed by atoms with van der Waals surface area (Å²) in [6.07, 6.45) is 1.75. The topological polar surface area (TPSA) is 102 Å². The number of benzene rings is 1. The second kappa shape index (κ2) is 7.01. The lowest BCUT2D eigenvalue weighted by molar-refractivity contribution is -0.121. The van der Waals surface area contributed by atoms with E-state index < -0.39 is 21.7 Å². The lowest BCUT2D eigenvalue weighted by atomic mass is 10.2. The van der Waals surface area contributed by atoms with Crippen LogP contribution in [0.5, 0.6) is 0 Å². The van der Waals surface area contributed by atoms with Gasteiger partial charge in [-0.1, -0.05) is 6.07 Å². The van der Waals surface area contributed by atoms with E-state index in [1.807, 2.05) is 13.0 Å². The molecule has 2 aromatic rings. The predicted octanol–water partition coefficient (Wildman–Crippen LogP) is 0.445. The summed E-state index contributed by atoms with van der Waals surface area (Å²) in [4.78, 5) is 24.0. The highest BCUT2D eigenvalue weighted by molar-refractivity contribution is 7.89. The summed E-state index contributed by atoms with van der Waals surface area (Å²) in [6, 6.07) is 5.27. The molecule has 25 heavy (non-hydrogen) atoms. The van der Waals surface area contributed by atoms with E-state index in [0.717, 1.165) is 18.4 Å². The Morgan fingerprint density at radius 2 is 2.00 bits per heavy atom. The van der Waals surface area contributed by atoms with Gasteiger partial charge in [0.2, 0.25) is 15.9 Å². The number of aryl methyl sites for hydroxylation is 1. The number of carbonyl (C=O) groups excluding carboxylic acids is 1. The number of hydrogen-bond acceptors (Lipinski definition) is 5. The third kappa shape index (κ3) is 3.93. The van der Waals surface area contributed by atoms with E-state index in [0.29, 0.717) is 24.2 Å². The van der Waals surface area contributed by atoms with Crippen LogP contribution in [0.4, 0.5) is 0 Å². The Kier molecular flexibility index (Phi) is 4.96. The first kappa shape index (κ1) is 17.7. The molecule has 1 aliphatic heterocycles. The quantitative estimate of drug-likeness (QED) is 0.798. The molecule has 0 saturated carbocycles. The Morgan fingerprint density at radius 1 is 1.28 bits per heavy atom. The standard InChI is InChI=1S/C16H21N3O5S/c1-12-4-5-14-13(10-12)19(16(21)24-14)11-15(20)17-6-9-25(22,23)18-7-2-3-8-18/h4-5,10H,2-3,6-9,11H2,1H3,(H,17,20). The fourth-order valence-electron chi connectivity index (χ4n) is 2.94. The number of sulfonamides is 1. The zero-order valence-electron chi connectivity index (χ0n) is 14.0. The van der Waals surface area contributed by atoms with E-state index in [-0.39, 0.29) is 18.8 Å². The van der Waals surface area contributed by atoms with Crippen molar-refractivity contribution in [3.05, 3.63) is 34.3 Å². The Labute approximate surface area is 145 Å². The van der Waals surface area contributed by atoms with Gasteiger partial charge in [0.15, 0.2) is 5.58 Å². The van der Waals surface area contributed by atoms with E-state index in [9.17, 15) is 18.0 Å². The zero-order valence-corrected chi connectivity index (χ0v) is 14.8. The van der Waals surface area contributed by atoms with Crippen molar-refractivity contribution >= 4 is 27.0 Å². The monoisotopic (exact) mass is 367 g/mol. The molecule has 8 nitrogen and oxygen atoms in total. The van der Waals surface area contributed by atoms with Crippen LogP contribution in [0.25, 0.3) is 11.1 Å². The molecule has 9 heteroatoms. The van der Waals surface area contributed by atoms with Crippen LogP contribution in [0.2, 0.25) is 0 Å². The minimum Gasteiger partial charge on any atom is -0.408 e. The molecule has 0 radical (unpaired) electrons. The van der Waals surface area contributed by atoms with E-state index >= 15 is 0 Å². The summed E-state index contributed by atoms with van der Waals surface area (Å²) in [5.41, 5.74) is 1.91. The predicted molar refractivity (Wildman–Crippen MR) is 92.8 cm³/mol. The maximum Gasteiger partial charge on any atom is 0.420 e. The number of hydrogen-bond donors (Lipinski definition) is 1. The Morgan fingerprint density at radius 3 is 2.72 bits per heavy atom. The first-order valence-corrected chi connectivity index (χ1v) is 9.82. The molecule has 1 N–H and O–H groups in total. The van der Waals surface area contributed by atoms with Gasteiger partial charge in [-0.05, 0) is 37.5 Å². The molecule has 3 rings (SSSR count). The van der Waals surface area contributed by atoms with E-state index in [1.54, 1.807) is 12.1 Å². The summed E-state index contributed by atoms with van der Waals surface area (Å²) in [5, 5.41) is 2.56. The normalized spacial score (nSPS) is 15.7. The highest BCUT2D eigenvalue weighted by Gasteiger charge is 2.25. The average molecular weight is 367 g/mol. The van der Waals surface area contributed by atoms with Crippen LogP contribution < -0.4 is 11.1 Å². The molecule has 0 spiro atoms. The van der Waals surface area contributed by atoms with E-state index in [4.69, 9.17) is 4.42 Å². The third-order valence-corrected chi connectivity index (χ3v) is 6.14. The van der Waals surface area contributed by atoms with Crippen LogP contribution >= 0.6 is 0 Å². The minimum atomic E-state index is -3.33. The summed E-state index contributed by atoms with van der Waals surface area (Å²) in [5.74, 6) is -1.18. The highest BCUT2D eigenvalue weighted by atomic mass is 32.2. The van der Waals surface area contributed by atoms with E-state index in [1.165, 1.54) is 8.87 Å². The van der Waals surface area contributed by atoms with Crippen molar-refractivity contribution in [2.45, 2.75) is 26.3 Å². The van der Waals surface area contributed by atoms with Gasteiger partial charge in [-0.3, -0.25) is 9.36 Å². The van der Waals surface area contributed by atoms with Crippen molar-refractivity contribution in [1.29, 1.82) is 0 Å². The second-order valence-corrected chi connectivity index (χ2v) is 8.29. The Bertz CT molecular complexity index is 938. The van der Waals surface area contributed by atoms with Crippen LogP contribution in [0.15, 0.2) is 27.4 Å². The first-order valence-electron chi connectivity index (χ1n) is 8.21. The molecule has 1 aromatic carbocycles. The molecule has 0 atom stereocenters. The number of fused-ring (bicyclic) bond motifs is 1. The molecule has 136 valence electrons. The molecular formula is C16H21N3O5S. The molecule has 0 aliphatic carbocycles. The van der Waals surface area contributed by atoms with E-state index in [2.05, 4.69) is 5.32 Å². The maximum atomic E-state index is 12.1. The number of amides is 1. The lowest BCUT2D eigenvalue weighted by Crippen LogP contribution is -2.38. The first-order chi connectivity index (χ1) is 11.9. The van der Waals surface area contributed by atoms with Gasteiger partial charge in [-0.2, -0.15) is 0 Å². The van der Waals surface area contributed by atoms with Crippen molar-refractivity contribution < 1.29 is 17.6 Å². The minimum absolute atomic E-state index is 0.0151. The molecule has 1 fully saturated rings. The molecule has 1 saturated heterocycles. The van der Waals surface area contributed by atoms with Gasteiger partial charge in [-0.15, -0.1) is 0 Å². The molecule has 0 bridgehead atoms. The van der Waals surface area contributed by atoms with Gasteiger partial charge in [0.05, 0.1) is 11.3 Å². The number of oxazole rings is 1. The molecular weight excluding hydrogens is 346 g/mol. The highest BCUT2D eigenvalue weighted by Crippen LogP contribution is 2.14. The van der Waals surface area contributed by atoms with Gasteiger partial charge in [-0.25, -0.2) is 17.5 Å². The molecule has 1 aliphatic rings. The summed E-state index contributed by atoms with van der Waals surface area (Å²) >= 11 is 0. The number of nitrogens with one attached hydrogen (secondary N) is 1. The maximum absolute atomic E-state index is 12.1. The molecule has 1 aromatic heterocycles. The summed E-state index contributed by atoms with van der Waals surface area (Å²) in [7, 11) is -3.33. The lowest BCUT2D eigenvalue weighted by Gasteiger charge is -2.15. The SMILES string of the molecule is Cc1ccc2oc(=O)n(CC(=O)NCCS(=O)(=O)N3CCCC3)c2c1. The Balaban J connectivity index is 1.61. The van der Waals surface area contributed by atoms with Crippen molar-refractivity contribution in [1.82, 2.24) is 14.2 Å². The number of rotatable bonds is 6. The van der Waals surface area contributed by atoms with Gasteiger partial charge in [0.1, 0.15) is 6.54 Å². The second-order valence-electron chi connectivity index (χ2n) is 6.20. The zero-order chi connectivity index (χ0) is 18.0. The fraction of sp³-hybridized carbons (Fsp3) is 0.500. The molecule has 1 amide bonds. The van der Waals surface area contributed by atoms with Crippen LogP contribution in [0, 0.1) is 6.92 Å². The van der Waals surface area contributed by atoms with Gasteiger partial charge < -0.3 is 9.73 Å². The average Bonchev–Trinajstić information content (AvgIpc) is 3.17. The number of carbonyl (C=O) groups is 1.